The number of nitrogens with one attached hydrogen (secondary N) is 1. The number of carbonyl (C=O) groups excluding carboxylic acids is 2. The summed E-state index contributed by atoms with van der Waals surface area (Å²) >= 11 is 0. The standard InChI is InChI=1S/C23H30N2O3/c1-17(26)25(15-14-18-10-12-19(28-5)13-11-18)16-22(27)24-21-9-7-6-8-20(21)23(2,3)4/h6-13H,14-16H2,1-5H3,(H,24,27). The van der Waals surface area contributed by atoms with Crippen molar-refractivity contribution in [1.29, 1.82) is 0 Å². The number of nitrogens with zero attached hydrogens (tertiary/aromatic N) is 1. The molecule has 5 nitrogen and oxygen atoms in total. The van der Waals surface area contributed by atoms with Gasteiger partial charge in [-0.25, -0.2) is 0 Å². The third kappa shape index (κ3) is 6.12. The number of benzene rings is 2. The lowest BCUT2D eigenvalue weighted by Gasteiger charge is -2.24. The largest absolute Gasteiger partial charge is 0.497 e. The Morgan fingerprint density at radius 2 is 1.68 bits per heavy atom. The van der Waals surface area contributed by atoms with Crippen LogP contribution >= 0.6 is 0 Å². The topological polar surface area (TPSA) is 58.6 Å². The molecule has 0 aliphatic heterocycles. The molecule has 2 aromatic rings. The maximum Gasteiger partial charge on any atom is 0.244 e. The summed E-state index contributed by atoms with van der Waals surface area (Å²) in [7, 11) is 1.63. The second-order valence-corrected chi connectivity index (χ2v) is 7.88. The number of methoxy groups -OCH3 is 1. The van der Waals surface area contributed by atoms with Crippen LogP contribution in [0.1, 0.15) is 38.8 Å². The molecule has 0 unspecified atom stereocenters. The minimum absolute atomic E-state index is 0.0317. The number of para-hydroxylation sites is 1. The molecule has 0 aliphatic carbocycles. The molecule has 2 amide bonds. The summed E-state index contributed by atoms with van der Waals surface area (Å²) < 4.78 is 5.16. The number of rotatable bonds is 7. The lowest BCUT2D eigenvalue weighted by atomic mass is 9.86. The summed E-state index contributed by atoms with van der Waals surface area (Å²) in [6.45, 7) is 8.32. The Kier molecular flexibility index (Phi) is 7.21. The SMILES string of the molecule is COc1ccc(CCN(CC(=O)Nc2ccccc2C(C)(C)C)C(C)=O)cc1. The van der Waals surface area contributed by atoms with E-state index in [0.717, 1.165) is 22.6 Å². The molecule has 0 saturated heterocycles. The fraction of sp³-hybridized carbons (Fsp3) is 0.391. The van der Waals surface area contributed by atoms with Crippen molar-refractivity contribution in [3.63, 3.8) is 0 Å². The summed E-state index contributed by atoms with van der Waals surface area (Å²) in [4.78, 5) is 26.2. The van der Waals surface area contributed by atoms with Crippen molar-refractivity contribution in [3.05, 3.63) is 59.7 Å². The summed E-state index contributed by atoms with van der Waals surface area (Å²) in [5.74, 6) is 0.485. The molecular formula is C23H30N2O3. The quantitative estimate of drug-likeness (QED) is 0.787. The van der Waals surface area contributed by atoms with Gasteiger partial charge in [0.25, 0.3) is 0 Å². The van der Waals surface area contributed by atoms with Crippen molar-refractivity contribution < 1.29 is 14.3 Å². The van der Waals surface area contributed by atoms with Gasteiger partial charge in [-0.3, -0.25) is 9.59 Å². The fourth-order valence-electron chi connectivity index (χ4n) is 3.01. The molecule has 2 aromatic carbocycles. The highest BCUT2D eigenvalue weighted by Gasteiger charge is 2.20. The lowest BCUT2D eigenvalue weighted by Crippen LogP contribution is -2.38. The first kappa shape index (κ1) is 21.5. The molecule has 5 heteroatoms. The van der Waals surface area contributed by atoms with Crippen LogP contribution in [0.2, 0.25) is 0 Å². The predicted octanol–water partition coefficient (Wildman–Crippen LogP) is 4.02. The van der Waals surface area contributed by atoms with Crippen LogP contribution in [0.4, 0.5) is 5.69 Å². The summed E-state index contributed by atoms with van der Waals surface area (Å²) in [6, 6.07) is 15.5. The molecule has 0 aliphatic rings. The van der Waals surface area contributed by atoms with E-state index in [1.807, 2.05) is 48.5 Å². The van der Waals surface area contributed by atoms with E-state index < -0.39 is 0 Å². The van der Waals surface area contributed by atoms with E-state index in [1.54, 1.807) is 12.0 Å². The van der Waals surface area contributed by atoms with Crippen LogP contribution in [-0.2, 0) is 21.4 Å². The van der Waals surface area contributed by atoms with E-state index in [2.05, 4.69) is 26.1 Å². The maximum atomic E-state index is 12.6. The van der Waals surface area contributed by atoms with Gasteiger partial charge < -0.3 is 15.0 Å². The van der Waals surface area contributed by atoms with Gasteiger partial charge in [0.1, 0.15) is 5.75 Å². The number of hydrogen-bond donors (Lipinski definition) is 1. The van der Waals surface area contributed by atoms with Crippen molar-refractivity contribution in [1.82, 2.24) is 4.90 Å². The monoisotopic (exact) mass is 382 g/mol. The highest BCUT2D eigenvalue weighted by molar-refractivity contribution is 5.95. The van der Waals surface area contributed by atoms with E-state index in [4.69, 9.17) is 4.74 Å². The van der Waals surface area contributed by atoms with E-state index in [9.17, 15) is 9.59 Å². The normalized spacial score (nSPS) is 11.0. The minimum Gasteiger partial charge on any atom is -0.497 e. The summed E-state index contributed by atoms with van der Waals surface area (Å²) in [5.41, 5.74) is 2.86. The molecular weight excluding hydrogens is 352 g/mol. The highest BCUT2D eigenvalue weighted by Crippen LogP contribution is 2.29. The molecule has 1 N–H and O–H groups in total. The van der Waals surface area contributed by atoms with Crippen LogP contribution in [0.5, 0.6) is 5.75 Å². The highest BCUT2D eigenvalue weighted by atomic mass is 16.5. The average Bonchev–Trinajstić information content (AvgIpc) is 2.65. The fourth-order valence-corrected chi connectivity index (χ4v) is 3.01. The Bertz CT molecular complexity index is 807. The lowest BCUT2D eigenvalue weighted by molar-refractivity contribution is -0.132. The van der Waals surface area contributed by atoms with Gasteiger partial charge in [0, 0.05) is 19.2 Å². The molecule has 2 rings (SSSR count). The Hall–Kier alpha value is -2.82. The third-order valence-corrected chi connectivity index (χ3v) is 4.62. The zero-order valence-corrected chi connectivity index (χ0v) is 17.4. The van der Waals surface area contributed by atoms with Crippen LogP contribution in [0.15, 0.2) is 48.5 Å². The van der Waals surface area contributed by atoms with Crippen molar-refractivity contribution in [3.8, 4) is 5.75 Å². The molecule has 0 saturated carbocycles. The molecule has 0 spiro atoms. The zero-order chi connectivity index (χ0) is 20.7. The molecule has 0 heterocycles. The van der Waals surface area contributed by atoms with E-state index in [1.165, 1.54) is 6.92 Å². The van der Waals surface area contributed by atoms with Crippen molar-refractivity contribution in [2.75, 3.05) is 25.5 Å². The first-order chi connectivity index (χ1) is 13.2. The van der Waals surface area contributed by atoms with E-state index in [-0.39, 0.29) is 23.8 Å². The van der Waals surface area contributed by atoms with Gasteiger partial charge >= 0.3 is 0 Å². The van der Waals surface area contributed by atoms with Gasteiger partial charge in [-0.05, 0) is 41.2 Å². The Labute approximate surface area is 167 Å². The van der Waals surface area contributed by atoms with Crippen molar-refractivity contribution >= 4 is 17.5 Å². The minimum atomic E-state index is -0.193. The molecule has 0 bridgehead atoms. The molecule has 150 valence electrons. The number of amides is 2. The van der Waals surface area contributed by atoms with Crippen LogP contribution < -0.4 is 10.1 Å². The van der Waals surface area contributed by atoms with Gasteiger partial charge in [-0.1, -0.05) is 51.1 Å². The number of anilines is 1. The Morgan fingerprint density at radius 1 is 1.04 bits per heavy atom. The predicted molar refractivity (Wildman–Crippen MR) is 113 cm³/mol. The van der Waals surface area contributed by atoms with Gasteiger partial charge in [0.15, 0.2) is 0 Å². The molecule has 0 aromatic heterocycles. The van der Waals surface area contributed by atoms with Crippen LogP contribution in [0.3, 0.4) is 0 Å². The molecule has 28 heavy (non-hydrogen) atoms. The van der Waals surface area contributed by atoms with Crippen LogP contribution in [0, 0.1) is 0 Å². The Balaban J connectivity index is 2.00. The molecule has 0 fully saturated rings. The van der Waals surface area contributed by atoms with Gasteiger partial charge in [-0.2, -0.15) is 0 Å². The first-order valence-electron chi connectivity index (χ1n) is 9.48. The van der Waals surface area contributed by atoms with Gasteiger partial charge in [0.2, 0.25) is 11.8 Å². The van der Waals surface area contributed by atoms with Crippen LogP contribution in [0.25, 0.3) is 0 Å². The van der Waals surface area contributed by atoms with Crippen LogP contribution in [-0.4, -0.2) is 36.9 Å². The smallest absolute Gasteiger partial charge is 0.244 e. The summed E-state index contributed by atoms with van der Waals surface area (Å²) in [6.07, 6.45) is 0.676. The third-order valence-electron chi connectivity index (χ3n) is 4.62. The Morgan fingerprint density at radius 3 is 2.25 bits per heavy atom. The van der Waals surface area contributed by atoms with Gasteiger partial charge in [-0.15, -0.1) is 0 Å². The summed E-state index contributed by atoms with van der Waals surface area (Å²) in [5, 5.41) is 2.97. The van der Waals surface area contributed by atoms with Gasteiger partial charge in [0.05, 0.1) is 13.7 Å². The van der Waals surface area contributed by atoms with Crippen molar-refractivity contribution in [2.24, 2.45) is 0 Å². The van der Waals surface area contributed by atoms with E-state index in [0.29, 0.717) is 13.0 Å². The second kappa shape index (κ2) is 9.40. The zero-order valence-electron chi connectivity index (χ0n) is 17.4. The van der Waals surface area contributed by atoms with Crippen molar-refractivity contribution in [2.45, 2.75) is 39.5 Å². The van der Waals surface area contributed by atoms with E-state index >= 15 is 0 Å². The number of carbonyl (C=O) groups is 2. The number of ether oxygens (including phenoxy) is 1. The maximum absolute atomic E-state index is 12.6. The molecule has 0 radical (unpaired) electrons. The second-order valence-electron chi connectivity index (χ2n) is 7.88. The average molecular weight is 383 g/mol. The number of hydrogen-bond acceptors (Lipinski definition) is 3. The molecule has 0 atom stereocenters. The first-order valence-corrected chi connectivity index (χ1v) is 9.48.